The monoisotopic (exact) mass is 612 g/mol. The van der Waals surface area contributed by atoms with Crippen LogP contribution in [0.1, 0.15) is 0 Å². The van der Waals surface area contributed by atoms with Crippen LogP contribution in [0.15, 0.2) is 154 Å². The van der Waals surface area contributed by atoms with Gasteiger partial charge in [-0.05, 0) is 81.2 Å². The topological polar surface area (TPSA) is 36.1 Å². The summed E-state index contributed by atoms with van der Waals surface area (Å²) in [4.78, 5) is 0. The van der Waals surface area contributed by atoms with Crippen LogP contribution in [0, 0.1) is 0 Å². The zero-order valence-corrected chi connectivity index (χ0v) is 25.6. The highest BCUT2D eigenvalue weighted by Crippen LogP contribution is 2.47. The minimum Gasteiger partial charge on any atom is -0.453 e. The average molecular weight is 613 g/mol. The molecule has 8 aromatic carbocycles. The second-order valence-electron chi connectivity index (χ2n) is 12.8. The van der Waals surface area contributed by atoms with Gasteiger partial charge in [-0.1, -0.05) is 97.1 Å². The van der Waals surface area contributed by atoms with Crippen LogP contribution in [0.4, 0.5) is 0 Å². The van der Waals surface area contributed by atoms with Crippen LogP contribution < -0.4 is 0 Å². The van der Waals surface area contributed by atoms with Gasteiger partial charge in [0.1, 0.15) is 0 Å². The Bertz CT molecular complexity index is 3020. The second kappa shape index (κ2) is 8.64. The molecular weight excluding hydrogens is 588 g/mol. The molecule has 0 radical (unpaired) electrons. The van der Waals surface area contributed by atoms with Gasteiger partial charge in [0.25, 0.3) is 0 Å². The van der Waals surface area contributed by atoms with E-state index in [0.29, 0.717) is 0 Å². The molecule has 0 aromatic heterocycles. The molecule has 0 spiro atoms. The van der Waals surface area contributed by atoms with Crippen molar-refractivity contribution in [3.05, 3.63) is 146 Å². The van der Waals surface area contributed by atoms with Crippen molar-refractivity contribution in [3.63, 3.8) is 0 Å². The summed E-state index contributed by atoms with van der Waals surface area (Å²) in [5.41, 5.74) is 12.6. The first-order chi connectivity index (χ1) is 23.8. The Morgan fingerprint density at radius 1 is 0.292 bits per heavy atom. The Labute approximate surface area is 272 Å². The number of rotatable bonds is 1. The second-order valence-corrected chi connectivity index (χ2v) is 12.8. The Hall–Kier alpha value is -6.52. The smallest absolute Gasteiger partial charge is 0.152 e. The van der Waals surface area contributed by atoms with Gasteiger partial charge in [-0.3, -0.25) is 0 Å². The van der Waals surface area contributed by atoms with E-state index in [4.69, 9.17) is 8.83 Å². The van der Waals surface area contributed by atoms with Crippen molar-refractivity contribution in [2.24, 2.45) is 0 Å². The molecule has 4 heteroatoms. The van der Waals surface area contributed by atoms with Gasteiger partial charge in [-0.15, -0.1) is 0 Å². The van der Waals surface area contributed by atoms with Crippen LogP contribution in [0.2, 0.25) is 0 Å². The van der Waals surface area contributed by atoms with E-state index < -0.39 is 0 Å². The predicted molar refractivity (Wildman–Crippen MR) is 197 cm³/mol. The Kier molecular flexibility index (Phi) is 4.44. The van der Waals surface area contributed by atoms with Crippen molar-refractivity contribution in [3.8, 4) is 22.5 Å². The van der Waals surface area contributed by atoms with E-state index in [-0.39, 0.29) is 0 Å². The predicted octanol–water partition coefficient (Wildman–Crippen LogP) is 12.2. The van der Waals surface area contributed by atoms with E-state index in [1.165, 1.54) is 65.3 Å². The van der Waals surface area contributed by atoms with Crippen LogP contribution in [0.5, 0.6) is 0 Å². The van der Waals surface area contributed by atoms with E-state index >= 15 is 0 Å². The fraction of sp³-hybridized carbons (Fsp3) is 0. The van der Waals surface area contributed by atoms with E-state index in [2.05, 4.69) is 143 Å². The van der Waals surface area contributed by atoms with Gasteiger partial charge < -0.3 is 18.0 Å². The molecule has 48 heavy (non-hydrogen) atoms. The molecule has 4 nitrogen and oxygen atoms in total. The maximum Gasteiger partial charge on any atom is 0.152 e. The molecule has 0 fully saturated rings. The van der Waals surface area contributed by atoms with E-state index in [1.54, 1.807) is 0 Å². The first-order valence-electron chi connectivity index (χ1n) is 16.4. The first-order valence-corrected chi connectivity index (χ1v) is 16.4. The number of hydrogen-bond donors (Lipinski definition) is 0. The van der Waals surface area contributed by atoms with Gasteiger partial charge in [0, 0.05) is 21.5 Å². The molecule has 12 rings (SSSR count). The van der Waals surface area contributed by atoms with Crippen LogP contribution in [0.3, 0.4) is 0 Å². The molecule has 8 aromatic rings. The highest BCUT2D eigenvalue weighted by Gasteiger charge is 2.24. The van der Waals surface area contributed by atoms with Crippen LogP contribution in [-0.2, 0) is 0 Å². The molecule has 4 aliphatic heterocycles. The fourth-order valence-electron chi connectivity index (χ4n) is 8.61. The van der Waals surface area contributed by atoms with Crippen molar-refractivity contribution < 1.29 is 8.83 Å². The van der Waals surface area contributed by atoms with Gasteiger partial charge >= 0.3 is 0 Å². The van der Waals surface area contributed by atoms with Crippen LogP contribution in [-0.4, -0.2) is 9.13 Å². The molecule has 0 unspecified atom stereocenters. The third-order valence-corrected chi connectivity index (χ3v) is 10.5. The number of nitrogens with zero attached hydrogens (tertiary/aromatic N) is 2. The molecule has 0 amide bonds. The first kappa shape index (κ1) is 24.7. The molecular formula is C44H24N2O2. The highest BCUT2D eigenvalue weighted by molar-refractivity contribution is 6.27. The van der Waals surface area contributed by atoms with Gasteiger partial charge in [0.15, 0.2) is 22.3 Å². The quantitative estimate of drug-likeness (QED) is 0.137. The van der Waals surface area contributed by atoms with Gasteiger partial charge in [0.05, 0.1) is 33.4 Å². The molecule has 0 aliphatic carbocycles. The Morgan fingerprint density at radius 2 is 0.688 bits per heavy atom. The van der Waals surface area contributed by atoms with Crippen molar-refractivity contribution in [1.29, 1.82) is 0 Å². The molecule has 4 aliphatic rings. The van der Waals surface area contributed by atoms with Crippen molar-refractivity contribution in [2.45, 2.75) is 0 Å². The third kappa shape index (κ3) is 2.92. The SMILES string of the molecule is c1ccc2c(c1)oc1cccc3c1-n2c1ccc(-c2ccc4c5c2cccc5c2cccc5oc6ccccc6n4-c52)c2cccc3c21. The lowest BCUT2D eigenvalue weighted by Gasteiger charge is -2.25. The lowest BCUT2D eigenvalue weighted by molar-refractivity contribution is 0.647. The summed E-state index contributed by atoms with van der Waals surface area (Å²) in [5.74, 6) is 0. The minimum atomic E-state index is 0.871. The number of aromatic nitrogens is 2. The molecule has 0 atom stereocenters. The van der Waals surface area contributed by atoms with Crippen LogP contribution >= 0.6 is 0 Å². The summed E-state index contributed by atoms with van der Waals surface area (Å²) >= 11 is 0. The lowest BCUT2D eigenvalue weighted by atomic mass is 9.88. The standard InChI is InChI=1S/C44H24N2O2/c1-3-17-37-33(15-1)45-35-23-21-25(27-9-5-11-29(41(27)35)31-13-7-19-39(47-37)43(31)45)26-22-24-36-42-28(26)10-6-12-30(42)32-14-8-20-40-44(32)46(36)34-16-2-4-18-38(34)48-40/h1-24H. The van der Waals surface area contributed by atoms with E-state index in [9.17, 15) is 0 Å². The lowest BCUT2D eigenvalue weighted by Crippen LogP contribution is -2.06. The maximum absolute atomic E-state index is 6.44. The number of hydrogen-bond acceptors (Lipinski definition) is 2. The molecule has 0 N–H and O–H groups in total. The van der Waals surface area contributed by atoms with Gasteiger partial charge in [-0.2, -0.15) is 0 Å². The maximum atomic E-state index is 6.44. The largest absolute Gasteiger partial charge is 0.453 e. The van der Waals surface area contributed by atoms with Gasteiger partial charge in [-0.25, -0.2) is 0 Å². The van der Waals surface area contributed by atoms with Gasteiger partial charge in [0.2, 0.25) is 0 Å². The number of para-hydroxylation sites is 6. The number of pyridine rings is 2. The summed E-state index contributed by atoms with van der Waals surface area (Å²) in [7, 11) is 0. The van der Waals surface area contributed by atoms with Crippen molar-refractivity contribution >= 4 is 87.5 Å². The van der Waals surface area contributed by atoms with E-state index in [1.807, 2.05) is 12.1 Å². The van der Waals surface area contributed by atoms with E-state index in [0.717, 1.165) is 44.7 Å². The summed E-state index contributed by atoms with van der Waals surface area (Å²) in [6, 6.07) is 52.2. The average Bonchev–Trinajstić information content (AvgIpc) is 3.14. The van der Waals surface area contributed by atoms with Crippen LogP contribution in [0.25, 0.3) is 110 Å². The van der Waals surface area contributed by atoms with Crippen molar-refractivity contribution in [2.75, 3.05) is 0 Å². The molecule has 0 saturated carbocycles. The van der Waals surface area contributed by atoms with Crippen molar-refractivity contribution in [1.82, 2.24) is 9.13 Å². The normalized spacial score (nSPS) is 12.6. The summed E-state index contributed by atoms with van der Waals surface area (Å²) < 4.78 is 17.7. The summed E-state index contributed by atoms with van der Waals surface area (Å²) in [6.45, 7) is 0. The molecule has 0 saturated heterocycles. The fourth-order valence-corrected chi connectivity index (χ4v) is 8.61. The Morgan fingerprint density at radius 3 is 1.19 bits per heavy atom. The third-order valence-electron chi connectivity index (χ3n) is 10.5. The molecule has 0 bridgehead atoms. The highest BCUT2D eigenvalue weighted by atomic mass is 16.3. The summed E-state index contributed by atoms with van der Waals surface area (Å²) in [5, 5.41) is 9.83. The summed E-state index contributed by atoms with van der Waals surface area (Å²) in [6.07, 6.45) is 0. The molecule has 222 valence electrons. The minimum absolute atomic E-state index is 0.871. The zero-order chi connectivity index (χ0) is 31.1. The Balaban J connectivity index is 1.26. The number of fused-ring (bicyclic) bond motifs is 8. The molecule has 4 heterocycles. The number of benzene rings is 8. The zero-order valence-electron chi connectivity index (χ0n) is 25.6.